The predicted octanol–water partition coefficient (Wildman–Crippen LogP) is 3.67. The third-order valence-corrected chi connectivity index (χ3v) is 4.02. The second-order valence-corrected chi connectivity index (χ2v) is 5.65. The zero-order chi connectivity index (χ0) is 14.7. The fourth-order valence-corrected chi connectivity index (χ4v) is 2.96. The third kappa shape index (κ3) is 2.96. The minimum Gasteiger partial charge on any atom is -0.340 e. The van der Waals surface area contributed by atoms with Crippen LogP contribution in [0, 0.1) is 0 Å². The van der Waals surface area contributed by atoms with Gasteiger partial charge >= 0.3 is 0 Å². The zero-order valence-electron chi connectivity index (χ0n) is 11.8. The van der Waals surface area contributed by atoms with Crippen molar-refractivity contribution in [3.05, 3.63) is 41.3 Å². The van der Waals surface area contributed by atoms with E-state index >= 15 is 0 Å². The first-order valence-corrected chi connectivity index (χ1v) is 7.76. The van der Waals surface area contributed by atoms with Gasteiger partial charge < -0.3 is 5.32 Å². The van der Waals surface area contributed by atoms with Crippen LogP contribution in [-0.2, 0) is 6.42 Å². The summed E-state index contributed by atoms with van der Waals surface area (Å²) in [5.41, 5.74) is 4.85. The van der Waals surface area contributed by atoms with E-state index in [4.69, 9.17) is 5.84 Å². The normalized spacial score (nSPS) is 10.8. The highest BCUT2D eigenvalue weighted by molar-refractivity contribution is 7.16. The molecule has 0 aliphatic rings. The molecule has 0 atom stereocenters. The maximum atomic E-state index is 5.43. The van der Waals surface area contributed by atoms with Crippen molar-refractivity contribution in [3.63, 3.8) is 0 Å². The number of nitrogen functional groups attached to an aromatic ring is 1. The lowest BCUT2D eigenvalue weighted by molar-refractivity contribution is 0.922. The molecule has 0 aliphatic heterocycles. The van der Waals surface area contributed by atoms with Crippen LogP contribution in [0.15, 0.2) is 35.7 Å². The van der Waals surface area contributed by atoms with E-state index in [0.29, 0.717) is 5.95 Å². The van der Waals surface area contributed by atoms with E-state index in [9.17, 15) is 0 Å². The topological polar surface area (TPSA) is 75.9 Å². The Labute approximate surface area is 127 Å². The number of hydrazine groups is 1. The average molecular weight is 299 g/mol. The van der Waals surface area contributed by atoms with E-state index in [1.807, 2.05) is 11.4 Å². The van der Waals surface area contributed by atoms with Crippen molar-refractivity contribution < 1.29 is 0 Å². The highest BCUT2D eigenvalue weighted by Crippen LogP contribution is 2.28. The van der Waals surface area contributed by atoms with Gasteiger partial charge in [-0.25, -0.2) is 10.8 Å². The van der Waals surface area contributed by atoms with Crippen molar-refractivity contribution >= 4 is 39.0 Å². The molecule has 0 radical (unpaired) electrons. The zero-order valence-corrected chi connectivity index (χ0v) is 12.6. The van der Waals surface area contributed by atoms with Gasteiger partial charge in [-0.3, -0.25) is 5.43 Å². The van der Waals surface area contributed by atoms with E-state index in [-0.39, 0.29) is 0 Å². The fourth-order valence-electron chi connectivity index (χ4n) is 2.20. The standard InChI is InChI=1S/C15H17N5S/c1-2-3-10-4-6-11(7-5-10)17-13-12-8-9-21-14(12)19-15(18-13)20-16/h4-9H,2-3,16H2,1H3,(H2,17,18,19,20). The highest BCUT2D eigenvalue weighted by Gasteiger charge is 2.08. The van der Waals surface area contributed by atoms with Gasteiger partial charge in [0.1, 0.15) is 10.6 Å². The van der Waals surface area contributed by atoms with Crippen molar-refractivity contribution in [2.24, 2.45) is 5.84 Å². The monoisotopic (exact) mass is 299 g/mol. The molecular formula is C15H17N5S. The SMILES string of the molecule is CCCc1ccc(Nc2nc(NN)nc3sccc23)cc1. The molecular weight excluding hydrogens is 282 g/mol. The molecule has 1 aromatic carbocycles. The molecule has 3 rings (SSSR count). The van der Waals surface area contributed by atoms with E-state index in [1.54, 1.807) is 11.3 Å². The van der Waals surface area contributed by atoms with Gasteiger partial charge in [0.2, 0.25) is 5.95 Å². The minimum absolute atomic E-state index is 0.412. The van der Waals surface area contributed by atoms with Crippen LogP contribution in [0.25, 0.3) is 10.2 Å². The van der Waals surface area contributed by atoms with Gasteiger partial charge in [-0.2, -0.15) is 4.98 Å². The second-order valence-electron chi connectivity index (χ2n) is 4.75. The summed E-state index contributed by atoms with van der Waals surface area (Å²) in [4.78, 5) is 9.63. The number of nitrogens with two attached hydrogens (primary N) is 1. The molecule has 2 aromatic heterocycles. The minimum atomic E-state index is 0.412. The Kier molecular flexibility index (Phi) is 3.98. The molecule has 0 bridgehead atoms. The third-order valence-electron chi connectivity index (χ3n) is 3.21. The Bertz CT molecular complexity index is 735. The van der Waals surface area contributed by atoms with Gasteiger partial charge in [-0.15, -0.1) is 11.3 Å². The first-order valence-electron chi connectivity index (χ1n) is 6.88. The summed E-state index contributed by atoms with van der Waals surface area (Å²) < 4.78 is 0. The van der Waals surface area contributed by atoms with Crippen molar-refractivity contribution in [3.8, 4) is 0 Å². The van der Waals surface area contributed by atoms with Crippen molar-refractivity contribution in [1.29, 1.82) is 0 Å². The highest BCUT2D eigenvalue weighted by atomic mass is 32.1. The Morgan fingerprint density at radius 1 is 1.14 bits per heavy atom. The summed E-state index contributed by atoms with van der Waals surface area (Å²) in [6, 6.07) is 10.4. The number of benzene rings is 1. The number of nitrogens with one attached hydrogen (secondary N) is 2. The van der Waals surface area contributed by atoms with Crippen molar-refractivity contribution in [2.45, 2.75) is 19.8 Å². The number of rotatable bonds is 5. The molecule has 0 saturated heterocycles. The summed E-state index contributed by atoms with van der Waals surface area (Å²) in [6.45, 7) is 2.18. The molecule has 5 nitrogen and oxygen atoms in total. The van der Waals surface area contributed by atoms with E-state index in [1.165, 1.54) is 5.56 Å². The van der Waals surface area contributed by atoms with Gasteiger partial charge in [0.05, 0.1) is 5.39 Å². The predicted molar refractivity (Wildman–Crippen MR) is 88.9 cm³/mol. The van der Waals surface area contributed by atoms with Crippen molar-refractivity contribution in [2.75, 3.05) is 10.7 Å². The number of hydrogen-bond acceptors (Lipinski definition) is 6. The molecule has 0 spiro atoms. The molecule has 0 saturated carbocycles. The van der Waals surface area contributed by atoms with E-state index < -0.39 is 0 Å². The fraction of sp³-hybridized carbons (Fsp3) is 0.200. The molecule has 6 heteroatoms. The Balaban J connectivity index is 1.91. The van der Waals surface area contributed by atoms with Crippen LogP contribution in [0.1, 0.15) is 18.9 Å². The maximum absolute atomic E-state index is 5.43. The molecule has 0 aliphatic carbocycles. The Morgan fingerprint density at radius 2 is 1.95 bits per heavy atom. The maximum Gasteiger partial charge on any atom is 0.240 e. The van der Waals surface area contributed by atoms with Gasteiger partial charge in [-0.05, 0) is 35.6 Å². The van der Waals surface area contributed by atoms with E-state index in [2.05, 4.69) is 51.9 Å². The number of hydrogen-bond donors (Lipinski definition) is 3. The molecule has 4 N–H and O–H groups in total. The van der Waals surface area contributed by atoms with Crippen LogP contribution in [-0.4, -0.2) is 9.97 Å². The van der Waals surface area contributed by atoms with Gasteiger partial charge in [0.15, 0.2) is 0 Å². The lowest BCUT2D eigenvalue weighted by Crippen LogP contribution is -2.11. The lowest BCUT2D eigenvalue weighted by Gasteiger charge is -2.09. The largest absolute Gasteiger partial charge is 0.340 e. The van der Waals surface area contributed by atoms with Crippen LogP contribution >= 0.6 is 11.3 Å². The molecule has 21 heavy (non-hydrogen) atoms. The summed E-state index contributed by atoms with van der Waals surface area (Å²) in [7, 11) is 0. The molecule has 0 amide bonds. The lowest BCUT2D eigenvalue weighted by atomic mass is 10.1. The molecule has 2 heterocycles. The summed E-state index contributed by atoms with van der Waals surface area (Å²) >= 11 is 1.56. The number of aromatic nitrogens is 2. The summed E-state index contributed by atoms with van der Waals surface area (Å²) in [5, 5.41) is 6.33. The summed E-state index contributed by atoms with van der Waals surface area (Å²) in [6.07, 6.45) is 2.25. The van der Waals surface area contributed by atoms with Crippen LogP contribution in [0.2, 0.25) is 0 Å². The van der Waals surface area contributed by atoms with Crippen LogP contribution in [0.5, 0.6) is 0 Å². The molecule has 0 unspecified atom stereocenters. The Morgan fingerprint density at radius 3 is 2.67 bits per heavy atom. The first-order chi connectivity index (χ1) is 10.3. The molecule has 0 fully saturated rings. The van der Waals surface area contributed by atoms with Gasteiger partial charge in [0, 0.05) is 5.69 Å². The van der Waals surface area contributed by atoms with Crippen LogP contribution in [0.4, 0.5) is 17.5 Å². The summed E-state index contributed by atoms with van der Waals surface area (Å²) in [5.74, 6) is 6.60. The molecule has 108 valence electrons. The number of fused-ring (bicyclic) bond motifs is 1. The van der Waals surface area contributed by atoms with Crippen molar-refractivity contribution in [1.82, 2.24) is 9.97 Å². The number of anilines is 3. The van der Waals surface area contributed by atoms with Crippen LogP contribution in [0.3, 0.4) is 0 Å². The number of aryl methyl sites for hydroxylation is 1. The first kappa shape index (κ1) is 13.8. The quantitative estimate of drug-likeness (QED) is 0.495. The van der Waals surface area contributed by atoms with Gasteiger partial charge in [0.25, 0.3) is 0 Å². The smallest absolute Gasteiger partial charge is 0.240 e. The van der Waals surface area contributed by atoms with Gasteiger partial charge in [-0.1, -0.05) is 25.5 Å². The average Bonchev–Trinajstić information content (AvgIpc) is 2.98. The molecule has 3 aromatic rings. The van der Waals surface area contributed by atoms with Crippen LogP contribution < -0.4 is 16.6 Å². The Hall–Kier alpha value is -2.18. The van der Waals surface area contributed by atoms with E-state index in [0.717, 1.165) is 34.6 Å². The second kappa shape index (κ2) is 6.07. The number of nitrogens with zero attached hydrogens (tertiary/aromatic N) is 2. The number of thiophene rings is 1.